The van der Waals surface area contributed by atoms with Crippen LogP contribution in [0.4, 0.5) is 0 Å². The number of ether oxygens (including phenoxy) is 1. The fraction of sp³-hybridized carbons (Fsp3) is 0.951. The van der Waals surface area contributed by atoms with Crippen LogP contribution in [-0.2, 0) is 14.3 Å². The van der Waals surface area contributed by atoms with Crippen molar-refractivity contribution in [2.75, 3.05) is 39.8 Å². The van der Waals surface area contributed by atoms with Gasteiger partial charge in [0.2, 0.25) is 5.91 Å². The van der Waals surface area contributed by atoms with E-state index in [4.69, 9.17) is 4.74 Å². The monoisotopic (exact) mass is 667 g/mol. The lowest BCUT2D eigenvalue weighted by Gasteiger charge is -2.21. The molecule has 0 aliphatic rings. The highest BCUT2D eigenvalue weighted by Crippen LogP contribution is 2.18. The van der Waals surface area contributed by atoms with Crippen LogP contribution in [0.1, 0.15) is 207 Å². The molecule has 1 atom stereocenters. The van der Waals surface area contributed by atoms with Crippen LogP contribution in [0.25, 0.3) is 0 Å². The van der Waals surface area contributed by atoms with Crippen molar-refractivity contribution in [3.63, 3.8) is 0 Å². The fourth-order valence-electron chi connectivity index (χ4n) is 6.48. The lowest BCUT2D eigenvalue weighted by molar-refractivity contribution is -0.150. The van der Waals surface area contributed by atoms with Gasteiger partial charge in [-0.25, -0.2) is 0 Å². The average Bonchev–Trinajstić information content (AvgIpc) is 3.06. The maximum absolute atomic E-state index is 12.6. The van der Waals surface area contributed by atoms with Gasteiger partial charge in [0.05, 0.1) is 6.61 Å². The van der Waals surface area contributed by atoms with Crippen molar-refractivity contribution in [1.29, 1.82) is 0 Å². The van der Waals surface area contributed by atoms with Gasteiger partial charge < -0.3 is 19.6 Å². The summed E-state index contributed by atoms with van der Waals surface area (Å²) in [7, 11) is 1.95. The van der Waals surface area contributed by atoms with Gasteiger partial charge in [-0.2, -0.15) is 0 Å². The maximum atomic E-state index is 12.6. The Morgan fingerprint density at radius 3 is 1.43 bits per heavy atom. The number of amides is 1. The smallest absolute Gasteiger partial charge is 0.306 e. The molecule has 0 spiro atoms. The molecule has 0 aliphatic carbocycles. The summed E-state index contributed by atoms with van der Waals surface area (Å²) in [6, 6.07) is 0. The van der Waals surface area contributed by atoms with Gasteiger partial charge in [-0.1, -0.05) is 136 Å². The van der Waals surface area contributed by atoms with Crippen LogP contribution < -0.4 is 0 Å². The van der Waals surface area contributed by atoms with E-state index >= 15 is 0 Å². The minimum absolute atomic E-state index is 0.0143. The lowest BCUT2D eigenvalue weighted by Crippen LogP contribution is -2.29. The van der Waals surface area contributed by atoms with Crippen molar-refractivity contribution in [3.05, 3.63) is 0 Å². The molecule has 280 valence electrons. The molecule has 1 unspecified atom stereocenters. The second kappa shape index (κ2) is 36.1. The Kier molecular flexibility index (Phi) is 35.3. The molecule has 0 heterocycles. The Labute approximate surface area is 293 Å². The molecule has 0 aromatic rings. The van der Waals surface area contributed by atoms with Crippen molar-refractivity contribution >= 4 is 11.9 Å². The molecular formula is C41H82N2O4. The Balaban J connectivity index is 4.01. The van der Waals surface area contributed by atoms with E-state index in [1.54, 1.807) is 0 Å². The number of carbonyl (C=O) groups excluding carboxylic acids is 2. The van der Waals surface area contributed by atoms with E-state index in [0.29, 0.717) is 18.7 Å². The van der Waals surface area contributed by atoms with Gasteiger partial charge in [0.25, 0.3) is 0 Å². The highest BCUT2D eigenvalue weighted by Gasteiger charge is 2.14. The van der Waals surface area contributed by atoms with Crippen molar-refractivity contribution in [3.8, 4) is 0 Å². The molecule has 0 saturated carbocycles. The molecule has 0 fully saturated rings. The first-order valence-electron chi connectivity index (χ1n) is 20.7. The Bertz CT molecular complexity index is 674. The zero-order valence-corrected chi connectivity index (χ0v) is 32.2. The van der Waals surface area contributed by atoms with E-state index in [-0.39, 0.29) is 18.7 Å². The van der Waals surface area contributed by atoms with E-state index in [0.717, 1.165) is 90.4 Å². The zero-order valence-electron chi connectivity index (χ0n) is 32.2. The number of unbranched alkanes of at least 4 members (excludes halogenated alkanes) is 20. The fourth-order valence-corrected chi connectivity index (χ4v) is 6.48. The topological polar surface area (TPSA) is 70.1 Å². The van der Waals surface area contributed by atoms with Gasteiger partial charge >= 0.3 is 5.97 Å². The van der Waals surface area contributed by atoms with Gasteiger partial charge in [0, 0.05) is 33.0 Å². The quantitative estimate of drug-likeness (QED) is 0.0528. The van der Waals surface area contributed by atoms with Gasteiger partial charge in [0.1, 0.15) is 6.10 Å². The number of aliphatic hydroxyl groups excluding tert-OH is 1. The van der Waals surface area contributed by atoms with E-state index in [2.05, 4.69) is 25.7 Å². The molecule has 0 bridgehead atoms. The third kappa shape index (κ3) is 31.9. The first-order valence-corrected chi connectivity index (χ1v) is 20.7. The van der Waals surface area contributed by atoms with Crippen molar-refractivity contribution in [2.45, 2.75) is 213 Å². The van der Waals surface area contributed by atoms with Crippen molar-refractivity contribution in [2.24, 2.45) is 0 Å². The molecule has 0 rings (SSSR count). The van der Waals surface area contributed by atoms with E-state index in [9.17, 15) is 14.7 Å². The predicted octanol–water partition coefficient (Wildman–Crippen LogP) is 11.0. The molecule has 0 aliphatic heterocycles. The summed E-state index contributed by atoms with van der Waals surface area (Å²) in [4.78, 5) is 29.3. The van der Waals surface area contributed by atoms with Crippen LogP contribution in [0.2, 0.25) is 0 Å². The molecule has 6 heteroatoms. The van der Waals surface area contributed by atoms with Crippen LogP contribution in [0.5, 0.6) is 0 Å². The molecular weight excluding hydrogens is 584 g/mol. The first kappa shape index (κ1) is 45.9. The summed E-state index contributed by atoms with van der Waals surface area (Å²) in [5.74, 6) is 0.312. The summed E-state index contributed by atoms with van der Waals surface area (Å²) in [6.07, 6.45) is 33.4. The van der Waals surface area contributed by atoms with Crippen LogP contribution >= 0.6 is 0 Å². The maximum Gasteiger partial charge on any atom is 0.306 e. The minimum Gasteiger partial charge on any atom is -0.462 e. The first-order chi connectivity index (χ1) is 23.0. The summed E-state index contributed by atoms with van der Waals surface area (Å²) < 4.78 is 5.99. The molecule has 1 amide bonds. The van der Waals surface area contributed by atoms with Gasteiger partial charge in [-0.15, -0.1) is 0 Å². The third-order valence-corrected chi connectivity index (χ3v) is 9.72. The Morgan fingerprint density at radius 1 is 0.511 bits per heavy atom. The highest BCUT2D eigenvalue weighted by atomic mass is 16.5. The molecule has 0 radical (unpaired) electrons. The number of aliphatic hydroxyl groups is 1. The van der Waals surface area contributed by atoms with E-state index in [1.165, 1.54) is 109 Å². The van der Waals surface area contributed by atoms with Crippen molar-refractivity contribution < 1.29 is 19.4 Å². The number of hydrogen-bond donors (Lipinski definition) is 1. The number of esters is 1. The standard InChI is InChI=1S/C41H82N2O4/c1-5-8-11-14-18-24-31-39(30-23-17-12-9-6-2)47-41(46)33-26-20-16-22-29-36-43(37-38-44)35-28-21-15-19-25-32-40(45)42(4)34-27-13-10-7-3/h39,44H,5-38H2,1-4H3. The number of carbonyl (C=O) groups is 2. The number of nitrogens with zero attached hydrogens (tertiary/aromatic N) is 2. The molecule has 0 saturated heterocycles. The normalized spacial score (nSPS) is 12.1. The SMILES string of the molecule is CCCCCCCCC(CCCCCCC)OC(=O)CCCCCCCN(CCO)CCCCCCCC(=O)N(C)CCCCCC. The van der Waals surface area contributed by atoms with E-state index in [1.807, 2.05) is 11.9 Å². The van der Waals surface area contributed by atoms with Gasteiger partial charge in [-0.3, -0.25) is 9.59 Å². The highest BCUT2D eigenvalue weighted by molar-refractivity contribution is 5.75. The second-order valence-electron chi connectivity index (χ2n) is 14.3. The van der Waals surface area contributed by atoms with Crippen LogP contribution in [-0.4, -0.2) is 72.7 Å². The molecule has 6 nitrogen and oxygen atoms in total. The molecule has 47 heavy (non-hydrogen) atoms. The Hall–Kier alpha value is -1.14. The van der Waals surface area contributed by atoms with Gasteiger partial charge in [-0.05, 0) is 70.9 Å². The number of hydrogen-bond acceptors (Lipinski definition) is 5. The average molecular weight is 667 g/mol. The summed E-state index contributed by atoms with van der Waals surface area (Å²) in [5, 5.41) is 9.53. The number of rotatable bonds is 37. The summed E-state index contributed by atoms with van der Waals surface area (Å²) >= 11 is 0. The molecule has 0 aromatic heterocycles. The second-order valence-corrected chi connectivity index (χ2v) is 14.3. The summed E-state index contributed by atoms with van der Waals surface area (Å²) in [6.45, 7) is 10.7. The van der Waals surface area contributed by atoms with E-state index < -0.39 is 0 Å². The lowest BCUT2D eigenvalue weighted by atomic mass is 10.0. The van der Waals surface area contributed by atoms with Crippen LogP contribution in [0.15, 0.2) is 0 Å². The minimum atomic E-state index is 0.0143. The predicted molar refractivity (Wildman–Crippen MR) is 202 cm³/mol. The van der Waals surface area contributed by atoms with Crippen molar-refractivity contribution in [1.82, 2.24) is 9.80 Å². The molecule has 0 aromatic carbocycles. The van der Waals surface area contributed by atoms with Gasteiger partial charge in [0.15, 0.2) is 0 Å². The largest absolute Gasteiger partial charge is 0.462 e. The van der Waals surface area contributed by atoms with Crippen LogP contribution in [0.3, 0.4) is 0 Å². The Morgan fingerprint density at radius 2 is 0.915 bits per heavy atom. The zero-order chi connectivity index (χ0) is 34.6. The molecule has 1 N–H and O–H groups in total. The van der Waals surface area contributed by atoms with Crippen LogP contribution in [0, 0.1) is 0 Å². The summed E-state index contributed by atoms with van der Waals surface area (Å²) in [5.41, 5.74) is 0. The third-order valence-electron chi connectivity index (χ3n) is 9.72.